The lowest BCUT2D eigenvalue weighted by atomic mass is 10.00. The average Bonchev–Trinajstić information content (AvgIpc) is 3.07. The van der Waals surface area contributed by atoms with Crippen molar-refractivity contribution in [3.8, 4) is 0 Å². The Morgan fingerprint density at radius 2 is 1.57 bits per heavy atom. The minimum absolute atomic E-state index is 0.0223. The first kappa shape index (κ1) is 41.8. The van der Waals surface area contributed by atoms with E-state index < -0.39 is 68.8 Å². The van der Waals surface area contributed by atoms with Crippen LogP contribution in [0.1, 0.15) is 82.9 Å². The van der Waals surface area contributed by atoms with E-state index in [1.807, 2.05) is 45.0 Å². The molecule has 0 radical (unpaired) electrons. The number of nitrogens with zero attached hydrogens (tertiary/aromatic N) is 1. The average molecular weight is 737 g/mol. The lowest BCUT2D eigenvalue weighted by Crippen LogP contribution is -2.57. The predicted octanol–water partition coefficient (Wildman–Crippen LogP) is 4.19. The zero-order chi connectivity index (χ0) is 37.6. The molecular weight excluding hydrogens is 682 g/mol. The standard InChI is InChI=1S/C37H54F2N4O7S/c1-5-9-32(10-6-2)51(48,49)24-34(42-37(47)50-31-13-15-43(16-14-31)25(4)44)36(46)41-33(20-28-18-29(38)21-30(39)19-28)35(45)23-40-22-27-12-8-11-26(7-3)17-27/h8,11-12,17-19,21,31-35,40,45H,5-7,9-10,13-16,20,22-24H2,1-4H3,(H,41,46)(H,42,47)/t33-,34?,35+/m0/s1. The molecule has 284 valence electrons. The molecule has 2 aromatic carbocycles. The lowest BCUT2D eigenvalue weighted by molar-refractivity contribution is -0.131. The first-order valence-electron chi connectivity index (χ1n) is 17.9. The molecule has 0 aliphatic carbocycles. The van der Waals surface area contributed by atoms with Crippen LogP contribution in [-0.2, 0) is 43.5 Å². The van der Waals surface area contributed by atoms with E-state index in [-0.39, 0.29) is 24.4 Å². The van der Waals surface area contributed by atoms with Crippen molar-refractivity contribution in [1.82, 2.24) is 20.9 Å². The largest absolute Gasteiger partial charge is 0.446 e. The zero-order valence-corrected chi connectivity index (χ0v) is 30.9. The highest BCUT2D eigenvalue weighted by molar-refractivity contribution is 7.92. The Kier molecular flexibility index (Phi) is 16.7. The summed E-state index contributed by atoms with van der Waals surface area (Å²) in [7, 11) is -3.91. The first-order chi connectivity index (χ1) is 24.2. The molecule has 0 spiro atoms. The second kappa shape index (κ2) is 20.4. The Labute approximate surface area is 300 Å². The number of hydrogen-bond acceptors (Lipinski definition) is 8. The number of carbonyl (C=O) groups is 3. The van der Waals surface area contributed by atoms with Crippen LogP contribution < -0.4 is 16.0 Å². The van der Waals surface area contributed by atoms with Crippen LogP contribution in [-0.4, -0.2) is 91.3 Å². The van der Waals surface area contributed by atoms with Crippen molar-refractivity contribution in [2.75, 3.05) is 25.4 Å². The molecular formula is C37H54F2N4O7S. The Hall–Kier alpha value is -3.62. The van der Waals surface area contributed by atoms with Crippen molar-refractivity contribution >= 4 is 27.7 Å². The van der Waals surface area contributed by atoms with E-state index in [1.54, 1.807) is 4.90 Å². The molecule has 3 amide bonds. The number of sulfone groups is 1. The maximum Gasteiger partial charge on any atom is 0.408 e. The SMILES string of the molecule is CCCC(CCC)S(=O)(=O)CC(NC(=O)OC1CCN(C(C)=O)CC1)C(=O)N[C@@H](Cc1cc(F)cc(F)c1)[C@H](O)CNCc1cccc(CC)c1. The fourth-order valence-corrected chi connectivity index (χ4v) is 8.49. The van der Waals surface area contributed by atoms with Crippen molar-refractivity contribution < 1.29 is 41.4 Å². The van der Waals surface area contributed by atoms with E-state index >= 15 is 0 Å². The van der Waals surface area contributed by atoms with Crippen LogP contribution in [0.5, 0.6) is 0 Å². The number of ether oxygens (including phenoxy) is 1. The molecule has 1 aliphatic heterocycles. The molecule has 0 saturated carbocycles. The van der Waals surface area contributed by atoms with E-state index in [9.17, 15) is 36.7 Å². The van der Waals surface area contributed by atoms with Crippen LogP contribution in [0.25, 0.3) is 0 Å². The van der Waals surface area contributed by atoms with Crippen molar-refractivity contribution in [3.63, 3.8) is 0 Å². The fraction of sp³-hybridized carbons (Fsp3) is 0.595. The summed E-state index contributed by atoms with van der Waals surface area (Å²) < 4.78 is 61.2. The van der Waals surface area contributed by atoms with Gasteiger partial charge in [0.2, 0.25) is 11.8 Å². The third-order valence-electron chi connectivity index (χ3n) is 9.15. The summed E-state index contributed by atoms with van der Waals surface area (Å²) in [5, 5.41) is 18.9. The second-order valence-corrected chi connectivity index (χ2v) is 15.6. The van der Waals surface area contributed by atoms with E-state index in [0.29, 0.717) is 64.2 Å². The van der Waals surface area contributed by atoms with Crippen LogP contribution in [0.2, 0.25) is 0 Å². The van der Waals surface area contributed by atoms with Gasteiger partial charge in [0.15, 0.2) is 9.84 Å². The number of aliphatic hydroxyl groups excluding tert-OH is 1. The highest BCUT2D eigenvalue weighted by Gasteiger charge is 2.35. The molecule has 51 heavy (non-hydrogen) atoms. The molecule has 1 fully saturated rings. The number of alkyl carbamates (subject to hydrolysis) is 1. The number of rotatable bonds is 19. The highest BCUT2D eigenvalue weighted by atomic mass is 32.2. The van der Waals surface area contributed by atoms with Gasteiger partial charge in [-0.25, -0.2) is 22.0 Å². The quantitative estimate of drug-likeness (QED) is 0.168. The number of likely N-dealkylation sites (tertiary alicyclic amines) is 1. The summed E-state index contributed by atoms with van der Waals surface area (Å²) >= 11 is 0. The van der Waals surface area contributed by atoms with Crippen molar-refractivity contribution in [3.05, 3.63) is 70.8 Å². The molecule has 11 nitrogen and oxygen atoms in total. The minimum Gasteiger partial charge on any atom is -0.446 e. The van der Waals surface area contributed by atoms with Gasteiger partial charge < -0.3 is 30.7 Å². The van der Waals surface area contributed by atoms with Crippen molar-refractivity contribution in [2.45, 2.75) is 115 Å². The summed E-state index contributed by atoms with van der Waals surface area (Å²) in [6.07, 6.45) is 0.560. The van der Waals surface area contributed by atoms with Crippen LogP contribution in [0, 0.1) is 11.6 Å². The summed E-state index contributed by atoms with van der Waals surface area (Å²) in [6.45, 7) is 8.38. The molecule has 1 saturated heterocycles. The topological polar surface area (TPSA) is 154 Å². The highest BCUT2D eigenvalue weighted by Crippen LogP contribution is 2.19. The molecule has 0 bridgehead atoms. The van der Waals surface area contributed by atoms with Gasteiger partial charge in [-0.1, -0.05) is 57.9 Å². The number of hydrogen-bond donors (Lipinski definition) is 4. The molecule has 3 rings (SSSR count). The molecule has 0 aromatic heterocycles. The van der Waals surface area contributed by atoms with Gasteiger partial charge in [0, 0.05) is 52.0 Å². The number of aryl methyl sites for hydroxylation is 1. The van der Waals surface area contributed by atoms with Gasteiger partial charge in [-0.2, -0.15) is 0 Å². The van der Waals surface area contributed by atoms with Gasteiger partial charge in [-0.3, -0.25) is 9.59 Å². The van der Waals surface area contributed by atoms with Gasteiger partial charge >= 0.3 is 6.09 Å². The normalized spacial score (nSPS) is 15.6. The smallest absolute Gasteiger partial charge is 0.408 e. The Morgan fingerprint density at radius 1 is 0.941 bits per heavy atom. The third-order valence-corrected chi connectivity index (χ3v) is 11.4. The zero-order valence-electron chi connectivity index (χ0n) is 30.1. The summed E-state index contributed by atoms with van der Waals surface area (Å²) in [4.78, 5) is 40.4. The third kappa shape index (κ3) is 13.8. The van der Waals surface area contributed by atoms with Crippen LogP contribution in [0.15, 0.2) is 42.5 Å². The van der Waals surface area contributed by atoms with Crippen molar-refractivity contribution in [1.29, 1.82) is 0 Å². The number of benzene rings is 2. The number of aliphatic hydroxyl groups is 1. The van der Waals surface area contributed by atoms with Gasteiger partial charge in [0.05, 0.1) is 23.1 Å². The van der Waals surface area contributed by atoms with E-state index in [2.05, 4.69) is 16.0 Å². The van der Waals surface area contributed by atoms with E-state index in [1.165, 1.54) is 6.92 Å². The Morgan fingerprint density at radius 3 is 2.16 bits per heavy atom. The van der Waals surface area contributed by atoms with Crippen LogP contribution >= 0.6 is 0 Å². The molecule has 3 atom stereocenters. The van der Waals surface area contributed by atoms with E-state index in [4.69, 9.17) is 4.74 Å². The number of amides is 3. The molecule has 1 unspecified atom stereocenters. The monoisotopic (exact) mass is 736 g/mol. The van der Waals surface area contributed by atoms with E-state index in [0.717, 1.165) is 29.7 Å². The lowest BCUT2D eigenvalue weighted by Gasteiger charge is -2.31. The van der Waals surface area contributed by atoms with Crippen LogP contribution in [0.4, 0.5) is 13.6 Å². The molecule has 14 heteroatoms. The number of nitrogens with one attached hydrogen (secondary N) is 3. The van der Waals surface area contributed by atoms with Gasteiger partial charge in [-0.15, -0.1) is 0 Å². The maximum atomic E-state index is 14.2. The number of piperidine rings is 1. The Balaban J connectivity index is 1.83. The summed E-state index contributed by atoms with van der Waals surface area (Å²) in [5.74, 6) is -3.37. The first-order valence-corrected chi connectivity index (χ1v) is 19.6. The van der Waals surface area contributed by atoms with Crippen LogP contribution in [0.3, 0.4) is 0 Å². The molecule has 1 aliphatic rings. The predicted molar refractivity (Wildman–Crippen MR) is 192 cm³/mol. The van der Waals surface area contributed by atoms with Gasteiger partial charge in [0.1, 0.15) is 23.8 Å². The number of carbonyl (C=O) groups excluding carboxylic acids is 3. The second-order valence-electron chi connectivity index (χ2n) is 13.3. The molecule has 1 heterocycles. The van der Waals surface area contributed by atoms with Gasteiger partial charge in [0.25, 0.3) is 0 Å². The Bertz CT molecular complexity index is 1530. The minimum atomic E-state index is -3.91. The fourth-order valence-electron chi connectivity index (χ4n) is 6.33. The summed E-state index contributed by atoms with van der Waals surface area (Å²) in [6, 6.07) is 8.06. The van der Waals surface area contributed by atoms with Crippen molar-refractivity contribution in [2.24, 2.45) is 0 Å². The number of halogens is 2. The molecule has 2 aromatic rings. The maximum absolute atomic E-state index is 14.2. The van der Waals surface area contributed by atoms with Gasteiger partial charge in [-0.05, 0) is 54.5 Å². The summed E-state index contributed by atoms with van der Waals surface area (Å²) in [5.41, 5.74) is 2.27. The molecule has 4 N–H and O–H groups in total.